The Bertz CT molecular complexity index is 401. The van der Waals surface area contributed by atoms with Gasteiger partial charge in [-0.25, -0.2) is 0 Å². The molecule has 0 aliphatic carbocycles. The molecular formula is C14H23N3O2. The van der Waals surface area contributed by atoms with E-state index < -0.39 is 0 Å². The molecule has 0 atom stereocenters. The number of hydrogen-bond donors (Lipinski definition) is 2. The highest BCUT2D eigenvalue weighted by atomic mass is 16.5. The Morgan fingerprint density at radius 3 is 2.74 bits per heavy atom. The van der Waals surface area contributed by atoms with E-state index in [-0.39, 0.29) is 11.8 Å². The molecular weight excluding hydrogens is 242 g/mol. The number of aryl methyl sites for hydroxylation is 2. The average molecular weight is 265 g/mol. The first-order valence-corrected chi connectivity index (χ1v) is 7.21. The van der Waals surface area contributed by atoms with E-state index in [0.717, 1.165) is 55.8 Å². The van der Waals surface area contributed by atoms with Crippen LogP contribution in [0.1, 0.15) is 43.7 Å². The highest BCUT2D eigenvalue weighted by Crippen LogP contribution is 2.17. The summed E-state index contributed by atoms with van der Waals surface area (Å²) >= 11 is 0. The van der Waals surface area contributed by atoms with Crippen molar-refractivity contribution in [1.82, 2.24) is 15.8 Å². The summed E-state index contributed by atoms with van der Waals surface area (Å²) in [7, 11) is 0. The van der Waals surface area contributed by atoms with E-state index in [1.54, 1.807) is 0 Å². The van der Waals surface area contributed by atoms with Crippen molar-refractivity contribution in [2.45, 2.75) is 46.1 Å². The Labute approximate surface area is 114 Å². The lowest BCUT2D eigenvalue weighted by Crippen LogP contribution is -2.38. The second-order valence-electron chi connectivity index (χ2n) is 4.98. The van der Waals surface area contributed by atoms with E-state index >= 15 is 0 Å². The number of amides is 1. The van der Waals surface area contributed by atoms with Crippen molar-refractivity contribution < 1.29 is 9.32 Å². The van der Waals surface area contributed by atoms with Crippen molar-refractivity contribution in [3.05, 3.63) is 17.0 Å². The topological polar surface area (TPSA) is 67.2 Å². The van der Waals surface area contributed by atoms with Crippen LogP contribution in [-0.4, -0.2) is 24.2 Å². The summed E-state index contributed by atoms with van der Waals surface area (Å²) in [6, 6.07) is 0. The van der Waals surface area contributed by atoms with E-state index in [2.05, 4.69) is 22.7 Å². The van der Waals surface area contributed by atoms with E-state index in [9.17, 15) is 4.79 Å². The molecule has 1 aliphatic rings. The van der Waals surface area contributed by atoms with Gasteiger partial charge in [0, 0.05) is 24.4 Å². The molecule has 1 aromatic rings. The summed E-state index contributed by atoms with van der Waals surface area (Å²) in [5.41, 5.74) is 2.02. The van der Waals surface area contributed by atoms with Gasteiger partial charge < -0.3 is 15.2 Å². The van der Waals surface area contributed by atoms with Crippen molar-refractivity contribution in [2.24, 2.45) is 5.92 Å². The molecule has 0 aromatic carbocycles. The van der Waals surface area contributed by atoms with Crippen molar-refractivity contribution in [2.75, 3.05) is 13.1 Å². The first kappa shape index (κ1) is 14.1. The van der Waals surface area contributed by atoms with Gasteiger partial charge >= 0.3 is 0 Å². The zero-order valence-corrected chi connectivity index (χ0v) is 11.8. The van der Waals surface area contributed by atoms with Crippen LogP contribution in [-0.2, 0) is 24.2 Å². The van der Waals surface area contributed by atoms with Crippen LogP contribution in [0.25, 0.3) is 0 Å². The molecule has 1 aliphatic heterocycles. The quantitative estimate of drug-likeness (QED) is 0.845. The van der Waals surface area contributed by atoms with Gasteiger partial charge in [0.2, 0.25) is 5.91 Å². The van der Waals surface area contributed by atoms with E-state index in [1.807, 2.05) is 6.92 Å². The van der Waals surface area contributed by atoms with Crippen LogP contribution < -0.4 is 10.6 Å². The number of rotatable bonds is 5. The Morgan fingerprint density at radius 1 is 1.37 bits per heavy atom. The largest absolute Gasteiger partial charge is 0.361 e. The number of carbonyl (C=O) groups is 1. The number of nitrogens with zero attached hydrogens (tertiary/aromatic N) is 1. The van der Waals surface area contributed by atoms with E-state index in [4.69, 9.17) is 4.52 Å². The third kappa shape index (κ3) is 3.35. The molecule has 5 heteroatoms. The molecule has 1 saturated heterocycles. The van der Waals surface area contributed by atoms with Gasteiger partial charge in [0.05, 0.1) is 5.69 Å². The molecule has 0 unspecified atom stereocenters. The maximum atomic E-state index is 12.1. The van der Waals surface area contributed by atoms with Crippen LogP contribution in [0.4, 0.5) is 0 Å². The van der Waals surface area contributed by atoms with Gasteiger partial charge in [-0.1, -0.05) is 19.0 Å². The second-order valence-corrected chi connectivity index (χ2v) is 4.98. The van der Waals surface area contributed by atoms with Gasteiger partial charge in [-0.2, -0.15) is 0 Å². The lowest BCUT2D eigenvalue weighted by Gasteiger charge is -2.21. The predicted octanol–water partition coefficient (Wildman–Crippen LogP) is 1.42. The number of nitrogens with one attached hydrogen (secondary N) is 2. The smallest absolute Gasteiger partial charge is 0.223 e. The van der Waals surface area contributed by atoms with Gasteiger partial charge in [-0.15, -0.1) is 0 Å². The standard InChI is InChI=1S/C14H23N3O2/c1-3-12-11(13(4-2)19-17-12)9-16-14(18)10-5-7-15-8-6-10/h10,15H,3-9H2,1-2H3,(H,16,18). The van der Waals surface area contributed by atoms with Crippen LogP contribution in [0.5, 0.6) is 0 Å². The molecule has 1 amide bonds. The molecule has 2 heterocycles. The van der Waals surface area contributed by atoms with E-state index in [1.165, 1.54) is 0 Å². The van der Waals surface area contributed by atoms with Crippen molar-refractivity contribution in [3.8, 4) is 0 Å². The molecule has 2 rings (SSSR count). The second kappa shape index (κ2) is 6.70. The van der Waals surface area contributed by atoms with Gasteiger partial charge in [0.25, 0.3) is 0 Å². The van der Waals surface area contributed by atoms with Crippen molar-refractivity contribution >= 4 is 5.91 Å². The van der Waals surface area contributed by atoms with Crippen LogP contribution >= 0.6 is 0 Å². The number of hydrogen-bond acceptors (Lipinski definition) is 4. The molecule has 19 heavy (non-hydrogen) atoms. The Hall–Kier alpha value is -1.36. The van der Waals surface area contributed by atoms with Gasteiger partial charge in [-0.3, -0.25) is 4.79 Å². The minimum atomic E-state index is 0.149. The molecule has 1 fully saturated rings. The van der Waals surface area contributed by atoms with Crippen LogP contribution in [0.15, 0.2) is 4.52 Å². The van der Waals surface area contributed by atoms with Crippen LogP contribution in [0.3, 0.4) is 0 Å². The SMILES string of the molecule is CCc1noc(CC)c1CNC(=O)C1CCNCC1. The van der Waals surface area contributed by atoms with E-state index in [0.29, 0.717) is 6.54 Å². The summed E-state index contributed by atoms with van der Waals surface area (Å²) in [6.45, 7) is 6.50. The summed E-state index contributed by atoms with van der Waals surface area (Å²) in [5.74, 6) is 1.20. The van der Waals surface area contributed by atoms with Crippen molar-refractivity contribution in [3.63, 3.8) is 0 Å². The highest BCUT2D eigenvalue weighted by molar-refractivity contribution is 5.78. The maximum Gasteiger partial charge on any atom is 0.223 e. The Balaban J connectivity index is 1.94. The fourth-order valence-electron chi connectivity index (χ4n) is 2.54. The fourth-order valence-corrected chi connectivity index (χ4v) is 2.54. The van der Waals surface area contributed by atoms with Crippen LogP contribution in [0, 0.1) is 5.92 Å². The average Bonchev–Trinajstić information content (AvgIpc) is 2.87. The predicted molar refractivity (Wildman–Crippen MR) is 72.7 cm³/mol. The summed E-state index contributed by atoms with van der Waals surface area (Å²) in [5, 5.41) is 10.4. The number of piperidine rings is 1. The van der Waals surface area contributed by atoms with Crippen LogP contribution in [0.2, 0.25) is 0 Å². The third-order valence-corrected chi connectivity index (χ3v) is 3.76. The summed E-state index contributed by atoms with van der Waals surface area (Å²) < 4.78 is 5.30. The molecule has 0 bridgehead atoms. The fraction of sp³-hybridized carbons (Fsp3) is 0.714. The summed E-state index contributed by atoms with van der Waals surface area (Å²) in [6.07, 6.45) is 3.50. The summed E-state index contributed by atoms with van der Waals surface area (Å²) in [4.78, 5) is 12.1. The molecule has 106 valence electrons. The molecule has 0 radical (unpaired) electrons. The van der Waals surface area contributed by atoms with Gasteiger partial charge in [0.15, 0.2) is 0 Å². The zero-order valence-electron chi connectivity index (χ0n) is 11.8. The Morgan fingerprint density at radius 2 is 2.11 bits per heavy atom. The van der Waals surface area contributed by atoms with Gasteiger partial charge in [0.1, 0.15) is 5.76 Å². The Kier molecular flexibility index (Phi) is 4.96. The minimum Gasteiger partial charge on any atom is -0.361 e. The molecule has 5 nitrogen and oxygen atoms in total. The molecule has 0 spiro atoms. The van der Waals surface area contributed by atoms with Gasteiger partial charge in [-0.05, 0) is 32.4 Å². The minimum absolute atomic E-state index is 0.149. The molecule has 2 N–H and O–H groups in total. The number of carbonyl (C=O) groups excluding carboxylic acids is 1. The first-order chi connectivity index (χ1) is 9.26. The zero-order chi connectivity index (χ0) is 13.7. The third-order valence-electron chi connectivity index (χ3n) is 3.76. The van der Waals surface area contributed by atoms with Crippen molar-refractivity contribution in [1.29, 1.82) is 0 Å². The molecule has 1 aromatic heterocycles. The first-order valence-electron chi connectivity index (χ1n) is 7.21. The monoisotopic (exact) mass is 265 g/mol. The maximum absolute atomic E-state index is 12.1. The number of aromatic nitrogens is 1. The lowest BCUT2D eigenvalue weighted by atomic mass is 9.97. The highest BCUT2D eigenvalue weighted by Gasteiger charge is 2.21. The molecule has 0 saturated carbocycles. The normalized spacial score (nSPS) is 16.5. The lowest BCUT2D eigenvalue weighted by molar-refractivity contribution is -0.125.